The zero-order valence-corrected chi connectivity index (χ0v) is 11.3. The lowest BCUT2D eigenvalue weighted by molar-refractivity contribution is 0.337. The van der Waals surface area contributed by atoms with E-state index in [-0.39, 0.29) is 11.2 Å². The summed E-state index contributed by atoms with van der Waals surface area (Å²) in [5, 5.41) is 4.43. The van der Waals surface area contributed by atoms with Crippen LogP contribution in [0.4, 0.5) is 0 Å². The van der Waals surface area contributed by atoms with E-state index >= 15 is 0 Å². The molecule has 5 heteroatoms. The summed E-state index contributed by atoms with van der Waals surface area (Å²) in [4.78, 5) is 12.5. The van der Waals surface area contributed by atoms with E-state index in [2.05, 4.69) is 12.0 Å². The fraction of sp³-hybridized carbons (Fsp3) is 0.385. The second-order valence-electron chi connectivity index (χ2n) is 4.90. The Morgan fingerprint density at radius 1 is 1.28 bits per heavy atom. The van der Waals surface area contributed by atoms with Gasteiger partial charge in [0.15, 0.2) is 0 Å². The highest BCUT2D eigenvalue weighted by atomic mass is 32.2. The van der Waals surface area contributed by atoms with Crippen molar-refractivity contribution in [3.63, 3.8) is 0 Å². The number of hydrogen-bond acceptors (Lipinski definition) is 3. The molecule has 0 bridgehead atoms. The van der Waals surface area contributed by atoms with Crippen LogP contribution in [0.2, 0.25) is 0 Å². The van der Waals surface area contributed by atoms with Crippen LogP contribution in [0.15, 0.2) is 35.1 Å². The fourth-order valence-corrected chi connectivity index (χ4v) is 3.25. The molecule has 0 spiro atoms. The van der Waals surface area contributed by atoms with E-state index in [9.17, 15) is 4.79 Å². The maximum absolute atomic E-state index is 12.5. The molecule has 1 aliphatic rings. The van der Waals surface area contributed by atoms with Crippen LogP contribution in [-0.4, -0.2) is 25.9 Å². The largest absolute Gasteiger partial charge is 0.351 e. The maximum Gasteiger partial charge on any atom is 0.351 e. The molecular formula is C13H15N3OS. The molecule has 0 saturated carbocycles. The van der Waals surface area contributed by atoms with Gasteiger partial charge in [-0.3, -0.25) is 0 Å². The third-order valence-corrected chi connectivity index (χ3v) is 4.94. The van der Waals surface area contributed by atoms with Gasteiger partial charge in [0.1, 0.15) is 5.82 Å². The molecule has 1 aliphatic heterocycles. The molecule has 2 heterocycles. The number of benzene rings is 1. The van der Waals surface area contributed by atoms with Gasteiger partial charge in [-0.25, -0.2) is 14.0 Å². The van der Waals surface area contributed by atoms with Crippen LogP contribution >= 0.6 is 11.8 Å². The summed E-state index contributed by atoms with van der Waals surface area (Å²) in [6, 6.07) is 9.66. The number of rotatable bonds is 2. The van der Waals surface area contributed by atoms with Crippen molar-refractivity contribution in [3.8, 4) is 5.69 Å². The monoisotopic (exact) mass is 261 g/mol. The molecule has 0 amide bonds. The lowest BCUT2D eigenvalue weighted by Crippen LogP contribution is -2.49. The predicted octanol–water partition coefficient (Wildman–Crippen LogP) is 1.80. The zero-order valence-electron chi connectivity index (χ0n) is 10.5. The topological polar surface area (TPSA) is 39.8 Å². The summed E-state index contributed by atoms with van der Waals surface area (Å²) in [5.74, 6) is 2.65. The molecule has 3 rings (SSSR count). The van der Waals surface area contributed by atoms with E-state index in [0.29, 0.717) is 0 Å². The second kappa shape index (κ2) is 4.02. The molecule has 1 aromatic carbocycles. The number of nitrogens with zero attached hydrogens (tertiary/aromatic N) is 3. The molecule has 0 atom stereocenters. The highest BCUT2D eigenvalue weighted by molar-refractivity contribution is 8.00. The van der Waals surface area contributed by atoms with Gasteiger partial charge in [0.25, 0.3) is 0 Å². The van der Waals surface area contributed by atoms with Gasteiger partial charge in [0, 0.05) is 11.5 Å². The van der Waals surface area contributed by atoms with Crippen LogP contribution in [0.5, 0.6) is 0 Å². The first-order valence-corrected chi connectivity index (χ1v) is 7.10. The Balaban J connectivity index is 2.15. The van der Waals surface area contributed by atoms with E-state index in [1.807, 2.05) is 49.0 Å². The average molecular weight is 261 g/mol. The molecule has 0 aliphatic carbocycles. The smallest absolute Gasteiger partial charge is 0.247 e. The van der Waals surface area contributed by atoms with Crippen LogP contribution in [-0.2, 0) is 5.54 Å². The first kappa shape index (κ1) is 11.6. The van der Waals surface area contributed by atoms with E-state index in [1.54, 1.807) is 9.25 Å². The number of aromatic nitrogens is 3. The lowest BCUT2D eigenvalue weighted by Gasteiger charge is -2.36. The SMILES string of the molecule is Cc1nn(C2(C)CSC2)c(=O)n1-c1ccccc1. The van der Waals surface area contributed by atoms with E-state index < -0.39 is 0 Å². The van der Waals surface area contributed by atoms with Crippen molar-refractivity contribution in [1.29, 1.82) is 0 Å². The highest BCUT2D eigenvalue weighted by Gasteiger charge is 2.38. The summed E-state index contributed by atoms with van der Waals surface area (Å²) in [5.41, 5.74) is 0.718. The molecule has 0 radical (unpaired) electrons. The van der Waals surface area contributed by atoms with Crippen molar-refractivity contribution >= 4 is 11.8 Å². The molecule has 0 N–H and O–H groups in total. The molecule has 1 fully saturated rings. The number of hydrogen-bond donors (Lipinski definition) is 0. The van der Waals surface area contributed by atoms with Crippen LogP contribution in [0.3, 0.4) is 0 Å². The normalized spacial score (nSPS) is 17.4. The Bertz CT molecular complexity index is 625. The van der Waals surface area contributed by atoms with Gasteiger partial charge >= 0.3 is 5.69 Å². The molecule has 1 saturated heterocycles. The molecule has 94 valence electrons. The van der Waals surface area contributed by atoms with Gasteiger partial charge in [-0.1, -0.05) is 18.2 Å². The molecule has 4 nitrogen and oxygen atoms in total. The summed E-state index contributed by atoms with van der Waals surface area (Å²) in [7, 11) is 0. The lowest BCUT2D eigenvalue weighted by atomic mass is 10.1. The molecule has 1 aromatic heterocycles. The van der Waals surface area contributed by atoms with E-state index in [4.69, 9.17) is 0 Å². The minimum absolute atomic E-state index is 0.0403. The Kier molecular flexibility index (Phi) is 2.59. The number of thioether (sulfide) groups is 1. The van der Waals surface area contributed by atoms with Gasteiger partial charge in [-0.05, 0) is 26.0 Å². The molecular weight excluding hydrogens is 246 g/mol. The Morgan fingerprint density at radius 2 is 1.94 bits per heavy atom. The van der Waals surface area contributed by atoms with Crippen molar-refractivity contribution in [3.05, 3.63) is 46.6 Å². The van der Waals surface area contributed by atoms with Crippen molar-refractivity contribution in [2.24, 2.45) is 0 Å². The van der Waals surface area contributed by atoms with Crippen LogP contribution in [0.25, 0.3) is 5.69 Å². The standard InChI is InChI=1S/C13H15N3OS/c1-10-14-16(13(2)8-18-9-13)12(17)15(10)11-6-4-3-5-7-11/h3-7H,8-9H2,1-2H3. The minimum atomic E-state index is -0.119. The Morgan fingerprint density at radius 3 is 2.50 bits per heavy atom. The summed E-state index contributed by atoms with van der Waals surface area (Å²) in [6.07, 6.45) is 0. The van der Waals surface area contributed by atoms with Crippen LogP contribution in [0.1, 0.15) is 12.7 Å². The predicted molar refractivity (Wildman–Crippen MR) is 73.5 cm³/mol. The van der Waals surface area contributed by atoms with Gasteiger partial charge in [0.05, 0.1) is 11.2 Å². The summed E-state index contributed by atoms with van der Waals surface area (Å²) < 4.78 is 3.32. The van der Waals surface area contributed by atoms with Gasteiger partial charge < -0.3 is 0 Å². The highest BCUT2D eigenvalue weighted by Crippen LogP contribution is 2.34. The van der Waals surface area contributed by atoms with Crippen LogP contribution < -0.4 is 5.69 Å². The first-order valence-electron chi connectivity index (χ1n) is 5.94. The third-order valence-electron chi connectivity index (χ3n) is 3.29. The molecule has 0 unspecified atom stereocenters. The third kappa shape index (κ3) is 1.61. The van der Waals surface area contributed by atoms with E-state index in [0.717, 1.165) is 23.0 Å². The molecule has 18 heavy (non-hydrogen) atoms. The first-order chi connectivity index (χ1) is 8.62. The Labute approximate surface area is 110 Å². The second-order valence-corrected chi connectivity index (χ2v) is 5.89. The van der Waals surface area contributed by atoms with E-state index in [1.165, 1.54) is 0 Å². The van der Waals surface area contributed by atoms with Crippen molar-refractivity contribution in [2.75, 3.05) is 11.5 Å². The van der Waals surface area contributed by atoms with Crippen molar-refractivity contribution in [1.82, 2.24) is 14.3 Å². The van der Waals surface area contributed by atoms with Crippen LogP contribution in [0, 0.1) is 6.92 Å². The van der Waals surface area contributed by atoms with Crippen molar-refractivity contribution in [2.45, 2.75) is 19.4 Å². The maximum atomic E-state index is 12.5. The summed E-state index contributed by atoms with van der Waals surface area (Å²) in [6.45, 7) is 3.97. The summed E-state index contributed by atoms with van der Waals surface area (Å²) >= 11 is 1.85. The van der Waals surface area contributed by atoms with Gasteiger partial charge in [-0.15, -0.1) is 0 Å². The van der Waals surface area contributed by atoms with Gasteiger partial charge in [0.2, 0.25) is 0 Å². The average Bonchev–Trinajstić information content (AvgIpc) is 2.63. The van der Waals surface area contributed by atoms with Gasteiger partial charge in [-0.2, -0.15) is 16.9 Å². The minimum Gasteiger partial charge on any atom is -0.247 e. The quantitative estimate of drug-likeness (QED) is 0.827. The fourth-order valence-electron chi connectivity index (χ4n) is 2.21. The zero-order chi connectivity index (χ0) is 12.8. The number of para-hydroxylation sites is 1. The Hall–Kier alpha value is -1.49. The number of aryl methyl sites for hydroxylation is 1. The van der Waals surface area contributed by atoms with Crippen molar-refractivity contribution < 1.29 is 0 Å². The molecule has 2 aromatic rings.